The van der Waals surface area contributed by atoms with Crippen LogP contribution in [0.15, 0.2) is 42.5 Å². The van der Waals surface area contributed by atoms with Crippen LogP contribution in [0.1, 0.15) is 24.1 Å². The fourth-order valence-electron chi connectivity index (χ4n) is 2.96. The van der Waals surface area contributed by atoms with E-state index in [9.17, 15) is 4.79 Å². The molecule has 0 unspecified atom stereocenters. The highest BCUT2D eigenvalue weighted by molar-refractivity contribution is 5.76. The second-order valence-electron chi connectivity index (χ2n) is 6.70. The fourth-order valence-corrected chi connectivity index (χ4v) is 2.96. The third-order valence-corrected chi connectivity index (χ3v) is 4.49. The van der Waals surface area contributed by atoms with Crippen molar-refractivity contribution in [2.75, 3.05) is 13.2 Å². The minimum absolute atomic E-state index is 0.00620. The largest absolute Gasteiger partial charge is 0.486 e. The number of hydrogen-bond donors (Lipinski definition) is 1. The molecule has 1 aliphatic heterocycles. The lowest BCUT2D eigenvalue weighted by atomic mass is 10.1. The number of aromatic nitrogens is 4. The van der Waals surface area contributed by atoms with Crippen LogP contribution in [-0.2, 0) is 11.3 Å². The first-order valence-electron chi connectivity index (χ1n) is 9.12. The third-order valence-electron chi connectivity index (χ3n) is 4.49. The molecule has 0 aliphatic carbocycles. The van der Waals surface area contributed by atoms with Crippen molar-refractivity contribution in [2.24, 2.45) is 0 Å². The highest BCUT2D eigenvalue weighted by atomic mass is 16.6. The minimum Gasteiger partial charge on any atom is -0.486 e. The lowest BCUT2D eigenvalue weighted by molar-refractivity contribution is -0.122. The quantitative estimate of drug-likeness (QED) is 0.731. The van der Waals surface area contributed by atoms with Crippen LogP contribution in [0, 0.1) is 6.92 Å². The van der Waals surface area contributed by atoms with E-state index in [1.54, 1.807) is 0 Å². The Kier molecular flexibility index (Phi) is 4.92. The molecule has 2 heterocycles. The maximum absolute atomic E-state index is 12.4. The smallest absolute Gasteiger partial charge is 0.244 e. The van der Waals surface area contributed by atoms with Gasteiger partial charge in [-0.1, -0.05) is 35.9 Å². The molecule has 28 heavy (non-hydrogen) atoms. The topological polar surface area (TPSA) is 91.2 Å². The van der Waals surface area contributed by atoms with Gasteiger partial charge in [0, 0.05) is 5.56 Å². The van der Waals surface area contributed by atoms with Gasteiger partial charge >= 0.3 is 0 Å². The van der Waals surface area contributed by atoms with Crippen LogP contribution in [0.3, 0.4) is 0 Å². The Balaban J connectivity index is 1.38. The second-order valence-corrected chi connectivity index (χ2v) is 6.70. The predicted molar refractivity (Wildman–Crippen MR) is 102 cm³/mol. The standard InChI is InChI=1S/C20H21N5O3/c1-13-3-5-15(6-4-13)20-22-24-25(23-20)12-19(26)21-14(2)16-7-8-17-18(11-16)28-10-9-27-17/h3-8,11,14H,9-10,12H2,1-2H3,(H,21,26)/t14-/m1/s1. The molecular formula is C20H21N5O3. The summed E-state index contributed by atoms with van der Waals surface area (Å²) in [6, 6.07) is 13.3. The first kappa shape index (κ1) is 18.0. The van der Waals surface area contributed by atoms with Crippen molar-refractivity contribution in [2.45, 2.75) is 26.4 Å². The summed E-state index contributed by atoms with van der Waals surface area (Å²) in [5, 5.41) is 15.2. The zero-order chi connectivity index (χ0) is 19.5. The van der Waals surface area contributed by atoms with Crippen molar-refractivity contribution >= 4 is 5.91 Å². The van der Waals surface area contributed by atoms with E-state index in [1.165, 1.54) is 4.80 Å². The molecule has 1 aromatic heterocycles. The summed E-state index contributed by atoms with van der Waals surface area (Å²) in [4.78, 5) is 13.7. The van der Waals surface area contributed by atoms with Gasteiger partial charge < -0.3 is 14.8 Å². The Hall–Kier alpha value is -3.42. The zero-order valence-corrected chi connectivity index (χ0v) is 15.8. The predicted octanol–water partition coefficient (Wildman–Crippen LogP) is 2.30. The Bertz CT molecular complexity index is 984. The molecule has 3 aromatic rings. The maximum atomic E-state index is 12.4. The normalized spacial score (nSPS) is 13.8. The van der Waals surface area contributed by atoms with Gasteiger partial charge in [0.25, 0.3) is 0 Å². The number of nitrogens with zero attached hydrogens (tertiary/aromatic N) is 4. The van der Waals surface area contributed by atoms with Gasteiger partial charge in [0.05, 0.1) is 6.04 Å². The van der Waals surface area contributed by atoms with Crippen molar-refractivity contribution in [1.29, 1.82) is 0 Å². The monoisotopic (exact) mass is 379 g/mol. The summed E-state index contributed by atoms with van der Waals surface area (Å²) < 4.78 is 11.1. The summed E-state index contributed by atoms with van der Waals surface area (Å²) in [5.74, 6) is 1.72. The molecule has 0 fully saturated rings. The molecule has 0 radical (unpaired) electrons. The van der Waals surface area contributed by atoms with Gasteiger partial charge in [0.15, 0.2) is 11.5 Å². The average Bonchev–Trinajstić information content (AvgIpc) is 3.16. The van der Waals surface area contributed by atoms with Crippen LogP contribution in [0.2, 0.25) is 0 Å². The maximum Gasteiger partial charge on any atom is 0.244 e. The molecule has 1 amide bonds. The van der Waals surface area contributed by atoms with Gasteiger partial charge in [-0.15, -0.1) is 10.2 Å². The number of hydrogen-bond acceptors (Lipinski definition) is 6. The number of tetrazole rings is 1. The van der Waals surface area contributed by atoms with Crippen molar-refractivity contribution in [3.8, 4) is 22.9 Å². The molecule has 8 heteroatoms. The van der Waals surface area contributed by atoms with E-state index in [0.29, 0.717) is 24.8 Å². The molecule has 4 rings (SSSR count). The van der Waals surface area contributed by atoms with Crippen molar-refractivity contribution in [3.05, 3.63) is 53.6 Å². The van der Waals surface area contributed by atoms with E-state index in [4.69, 9.17) is 9.47 Å². The lowest BCUT2D eigenvalue weighted by Gasteiger charge is -2.21. The number of carbonyl (C=O) groups excluding carboxylic acids is 1. The highest BCUT2D eigenvalue weighted by Gasteiger charge is 2.16. The van der Waals surface area contributed by atoms with Gasteiger partial charge in [0.2, 0.25) is 11.7 Å². The molecule has 0 spiro atoms. The number of ether oxygens (including phenoxy) is 2. The highest BCUT2D eigenvalue weighted by Crippen LogP contribution is 2.32. The summed E-state index contributed by atoms with van der Waals surface area (Å²) in [6.45, 7) is 5.00. The van der Waals surface area contributed by atoms with E-state index in [1.807, 2.05) is 56.3 Å². The number of nitrogens with one attached hydrogen (secondary N) is 1. The van der Waals surface area contributed by atoms with E-state index < -0.39 is 0 Å². The van der Waals surface area contributed by atoms with Gasteiger partial charge in [0.1, 0.15) is 19.8 Å². The van der Waals surface area contributed by atoms with Crippen molar-refractivity contribution in [1.82, 2.24) is 25.5 Å². The SMILES string of the molecule is Cc1ccc(-c2nnn(CC(=O)N[C@H](C)c3ccc4c(c3)OCCO4)n2)cc1. The van der Waals surface area contributed by atoms with E-state index in [0.717, 1.165) is 22.4 Å². The van der Waals surface area contributed by atoms with Gasteiger partial charge in [-0.05, 0) is 36.8 Å². The summed E-state index contributed by atoms with van der Waals surface area (Å²) in [7, 11) is 0. The molecule has 0 saturated heterocycles. The average molecular weight is 379 g/mol. The first-order valence-corrected chi connectivity index (χ1v) is 9.12. The van der Waals surface area contributed by atoms with E-state index in [2.05, 4.69) is 20.7 Å². The van der Waals surface area contributed by atoms with Crippen molar-refractivity contribution in [3.63, 3.8) is 0 Å². The Morgan fingerprint density at radius 2 is 1.89 bits per heavy atom. The number of carbonyl (C=O) groups is 1. The third kappa shape index (κ3) is 3.95. The van der Waals surface area contributed by atoms with Crippen LogP contribution in [0.5, 0.6) is 11.5 Å². The summed E-state index contributed by atoms with van der Waals surface area (Å²) in [6.07, 6.45) is 0. The fraction of sp³-hybridized carbons (Fsp3) is 0.300. The number of aryl methyl sites for hydroxylation is 1. The van der Waals surface area contributed by atoms with Crippen LogP contribution < -0.4 is 14.8 Å². The number of fused-ring (bicyclic) bond motifs is 1. The molecule has 8 nitrogen and oxygen atoms in total. The molecule has 1 aliphatic rings. The summed E-state index contributed by atoms with van der Waals surface area (Å²) in [5.41, 5.74) is 2.95. The molecule has 1 atom stereocenters. The molecule has 2 aromatic carbocycles. The van der Waals surface area contributed by atoms with Crippen LogP contribution in [-0.4, -0.2) is 39.3 Å². The Morgan fingerprint density at radius 3 is 2.68 bits per heavy atom. The zero-order valence-electron chi connectivity index (χ0n) is 15.8. The Morgan fingerprint density at radius 1 is 1.14 bits per heavy atom. The second kappa shape index (κ2) is 7.67. The minimum atomic E-state index is -0.199. The summed E-state index contributed by atoms with van der Waals surface area (Å²) >= 11 is 0. The molecule has 144 valence electrons. The van der Waals surface area contributed by atoms with Gasteiger partial charge in [-0.25, -0.2) is 0 Å². The Labute approximate surface area is 162 Å². The van der Waals surface area contributed by atoms with E-state index in [-0.39, 0.29) is 18.5 Å². The number of amides is 1. The van der Waals surface area contributed by atoms with Crippen LogP contribution in [0.25, 0.3) is 11.4 Å². The molecule has 1 N–H and O–H groups in total. The van der Waals surface area contributed by atoms with E-state index >= 15 is 0 Å². The number of benzene rings is 2. The first-order chi connectivity index (χ1) is 13.6. The molecular weight excluding hydrogens is 358 g/mol. The van der Waals surface area contributed by atoms with Crippen molar-refractivity contribution < 1.29 is 14.3 Å². The van der Waals surface area contributed by atoms with Crippen LogP contribution in [0.4, 0.5) is 0 Å². The molecule has 0 saturated carbocycles. The van der Waals surface area contributed by atoms with Gasteiger partial charge in [-0.3, -0.25) is 4.79 Å². The lowest BCUT2D eigenvalue weighted by Crippen LogP contribution is -2.31. The van der Waals surface area contributed by atoms with Gasteiger partial charge in [-0.2, -0.15) is 4.80 Å². The van der Waals surface area contributed by atoms with Crippen LogP contribution >= 0.6 is 0 Å². The number of rotatable bonds is 5. The molecule has 0 bridgehead atoms.